The number of phenols is 1. The quantitative estimate of drug-likeness (QED) is 0.633. The number of hydrogen-bond acceptors (Lipinski definition) is 5. The van der Waals surface area contributed by atoms with Crippen molar-refractivity contribution in [2.45, 2.75) is 23.8 Å². The van der Waals surface area contributed by atoms with Gasteiger partial charge in [-0.15, -0.1) is 0 Å². The summed E-state index contributed by atoms with van der Waals surface area (Å²) in [6, 6.07) is 4.24. The molecule has 7 heteroatoms. The Morgan fingerprint density at radius 2 is 2.10 bits per heavy atom. The first-order valence-electron chi connectivity index (χ1n) is 6.57. The zero-order valence-electron chi connectivity index (χ0n) is 11.8. The van der Waals surface area contributed by atoms with Gasteiger partial charge in [0.15, 0.2) is 0 Å². The molecular weight excluding hydrogens is 278 g/mol. The van der Waals surface area contributed by atoms with Crippen LogP contribution in [0.5, 0.6) is 5.75 Å². The van der Waals surface area contributed by atoms with Gasteiger partial charge in [-0.1, -0.05) is 0 Å². The average molecular weight is 299 g/mol. The lowest BCUT2D eigenvalue weighted by Gasteiger charge is -2.35. The van der Waals surface area contributed by atoms with Crippen molar-refractivity contribution in [3.63, 3.8) is 0 Å². The molecule has 1 heterocycles. The minimum Gasteiger partial charge on any atom is -0.506 e. The topological polar surface area (TPSA) is 86.9 Å². The van der Waals surface area contributed by atoms with E-state index in [2.05, 4.69) is 0 Å². The van der Waals surface area contributed by atoms with Crippen LogP contribution < -0.4 is 5.73 Å². The van der Waals surface area contributed by atoms with Gasteiger partial charge in [-0.25, -0.2) is 8.42 Å². The Hall–Kier alpha value is -1.31. The molecule has 1 aliphatic heterocycles. The average Bonchev–Trinajstić information content (AvgIpc) is 2.42. The summed E-state index contributed by atoms with van der Waals surface area (Å²) in [4.78, 5) is 2.18. The third-order valence-corrected chi connectivity index (χ3v) is 5.59. The molecule has 0 spiro atoms. The van der Waals surface area contributed by atoms with E-state index < -0.39 is 10.0 Å². The van der Waals surface area contributed by atoms with E-state index in [0.29, 0.717) is 13.1 Å². The zero-order valence-corrected chi connectivity index (χ0v) is 12.6. The molecule has 0 radical (unpaired) electrons. The first-order chi connectivity index (χ1) is 9.32. The molecule has 20 heavy (non-hydrogen) atoms. The Kier molecular flexibility index (Phi) is 4.22. The molecule has 0 amide bonds. The summed E-state index contributed by atoms with van der Waals surface area (Å²) in [5.74, 6) is -0.103. The van der Waals surface area contributed by atoms with E-state index in [1.165, 1.54) is 22.5 Å². The summed E-state index contributed by atoms with van der Waals surface area (Å²) in [6.45, 7) is 1.00. The number of anilines is 1. The summed E-state index contributed by atoms with van der Waals surface area (Å²) < 4.78 is 26.7. The number of likely N-dealkylation sites (N-methyl/N-ethyl adjacent to an activating group) is 1. The van der Waals surface area contributed by atoms with E-state index in [1.54, 1.807) is 0 Å². The van der Waals surface area contributed by atoms with Crippen LogP contribution in [0, 0.1) is 0 Å². The van der Waals surface area contributed by atoms with Crippen LogP contribution in [0.2, 0.25) is 0 Å². The summed E-state index contributed by atoms with van der Waals surface area (Å²) in [7, 11) is 0.363. The van der Waals surface area contributed by atoms with Crippen molar-refractivity contribution < 1.29 is 13.5 Å². The van der Waals surface area contributed by atoms with Gasteiger partial charge in [-0.05, 0) is 45.1 Å². The van der Waals surface area contributed by atoms with Gasteiger partial charge >= 0.3 is 0 Å². The number of nitrogens with two attached hydrogens (primary N) is 1. The molecule has 1 aromatic carbocycles. The molecular formula is C13H21N3O3S. The molecule has 6 nitrogen and oxygen atoms in total. The number of benzene rings is 1. The van der Waals surface area contributed by atoms with Gasteiger partial charge in [0.1, 0.15) is 5.75 Å². The van der Waals surface area contributed by atoms with Crippen LogP contribution in [0.1, 0.15) is 12.8 Å². The Bertz CT molecular complexity index is 587. The Balaban J connectivity index is 2.27. The fourth-order valence-electron chi connectivity index (χ4n) is 2.40. The SMILES string of the molecule is CN(C)C1CCCN(S(=O)(=O)c2ccc(O)c(N)c2)C1. The van der Waals surface area contributed by atoms with E-state index in [0.717, 1.165) is 12.8 Å². The Morgan fingerprint density at radius 3 is 2.70 bits per heavy atom. The van der Waals surface area contributed by atoms with E-state index in [-0.39, 0.29) is 22.4 Å². The van der Waals surface area contributed by atoms with Crippen molar-refractivity contribution in [3.8, 4) is 5.75 Å². The third-order valence-electron chi connectivity index (χ3n) is 3.73. The predicted octanol–water partition coefficient (Wildman–Crippen LogP) is 0.689. The fourth-order valence-corrected chi connectivity index (χ4v) is 3.95. The number of piperidine rings is 1. The Morgan fingerprint density at radius 1 is 1.40 bits per heavy atom. The normalized spacial score (nSPS) is 21.2. The smallest absolute Gasteiger partial charge is 0.243 e. The van der Waals surface area contributed by atoms with Crippen LogP contribution in [0.25, 0.3) is 0 Å². The highest BCUT2D eigenvalue weighted by molar-refractivity contribution is 7.89. The second-order valence-electron chi connectivity index (χ2n) is 5.34. The van der Waals surface area contributed by atoms with E-state index in [9.17, 15) is 13.5 Å². The first-order valence-corrected chi connectivity index (χ1v) is 8.01. The summed E-state index contributed by atoms with van der Waals surface area (Å²) >= 11 is 0. The number of aromatic hydroxyl groups is 1. The fraction of sp³-hybridized carbons (Fsp3) is 0.538. The van der Waals surface area contributed by atoms with E-state index in [1.807, 2.05) is 19.0 Å². The van der Waals surface area contributed by atoms with Gasteiger partial charge in [0, 0.05) is 19.1 Å². The van der Waals surface area contributed by atoms with Gasteiger partial charge in [-0.3, -0.25) is 0 Å². The van der Waals surface area contributed by atoms with Gasteiger partial charge in [-0.2, -0.15) is 4.31 Å². The van der Waals surface area contributed by atoms with Gasteiger partial charge in [0.25, 0.3) is 0 Å². The lowest BCUT2D eigenvalue weighted by Crippen LogP contribution is -2.47. The molecule has 3 N–H and O–H groups in total. The van der Waals surface area contributed by atoms with Gasteiger partial charge in [0.2, 0.25) is 10.0 Å². The van der Waals surface area contributed by atoms with E-state index >= 15 is 0 Å². The van der Waals surface area contributed by atoms with Crippen molar-refractivity contribution in [1.29, 1.82) is 0 Å². The highest BCUT2D eigenvalue weighted by Crippen LogP contribution is 2.27. The van der Waals surface area contributed by atoms with Crippen molar-refractivity contribution >= 4 is 15.7 Å². The Labute approximate surface area is 119 Å². The lowest BCUT2D eigenvalue weighted by atomic mass is 10.1. The lowest BCUT2D eigenvalue weighted by molar-refractivity contribution is 0.190. The summed E-state index contributed by atoms with van der Waals surface area (Å²) in [5.41, 5.74) is 5.66. The molecule has 1 aliphatic rings. The number of rotatable bonds is 3. The highest BCUT2D eigenvalue weighted by atomic mass is 32.2. The minimum absolute atomic E-state index is 0.0762. The van der Waals surface area contributed by atoms with Crippen molar-refractivity contribution in [3.05, 3.63) is 18.2 Å². The zero-order chi connectivity index (χ0) is 14.9. The maximum absolute atomic E-state index is 12.6. The summed E-state index contributed by atoms with van der Waals surface area (Å²) in [5, 5.41) is 9.39. The van der Waals surface area contributed by atoms with E-state index in [4.69, 9.17) is 5.73 Å². The van der Waals surface area contributed by atoms with Crippen LogP contribution >= 0.6 is 0 Å². The summed E-state index contributed by atoms with van der Waals surface area (Å²) in [6.07, 6.45) is 1.84. The molecule has 0 aliphatic carbocycles. The first kappa shape index (κ1) is 15.1. The number of nitrogen functional groups attached to an aromatic ring is 1. The number of hydrogen-bond donors (Lipinski definition) is 2. The maximum Gasteiger partial charge on any atom is 0.243 e. The molecule has 1 unspecified atom stereocenters. The molecule has 1 fully saturated rings. The molecule has 112 valence electrons. The van der Waals surface area contributed by atoms with Crippen molar-refractivity contribution in [1.82, 2.24) is 9.21 Å². The molecule has 1 saturated heterocycles. The molecule has 1 aromatic rings. The largest absolute Gasteiger partial charge is 0.506 e. The van der Waals surface area contributed by atoms with Crippen LogP contribution in [0.3, 0.4) is 0 Å². The van der Waals surface area contributed by atoms with Crippen LogP contribution in [-0.4, -0.2) is 56.0 Å². The van der Waals surface area contributed by atoms with Gasteiger partial charge < -0.3 is 15.7 Å². The molecule has 0 bridgehead atoms. The van der Waals surface area contributed by atoms with Crippen LogP contribution in [0.4, 0.5) is 5.69 Å². The monoisotopic (exact) mass is 299 g/mol. The standard InChI is InChI=1S/C13H21N3O3S/c1-15(2)10-4-3-7-16(9-10)20(18,19)11-5-6-13(17)12(14)8-11/h5-6,8,10,17H,3-4,7,9,14H2,1-2H3. The maximum atomic E-state index is 12.6. The number of sulfonamides is 1. The molecule has 0 saturated carbocycles. The molecule has 0 aromatic heterocycles. The third kappa shape index (κ3) is 2.89. The molecule has 2 rings (SSSR count). The van der Waals surface area contributed by atoms with Gasteiger partial charge in [0.05, 0.1) is 10.6 Å². The number of phenolic OH excluding ortho intramolecular Hbond substituents is 1. The predicted molar refractivity (Wildman–Crippen MR) is 78.0 cm³/mol. The number of nitrogens with zero attached hydrogens (tertiary/aromatic N) is 2. The second kappa shape index (κ2) is 5.59. The molecule has 1 atom stereocenters. The van der Waals surface area contributed by atoms with Crippen molar-refractivity contribution in [2.24, 2.45) is 0 Å². The highest BCUT2D eigenvalue weighted by Gasteiger charge is 2.31. The van der Waals surface area contributed by atoms with Crippen LogP contribution in [-0.2, 0) is 10.0 Å². The van der Waals surface area contributed by atoms with Crippen LogP contribution in [0.15, 0.2) is 23.1 Å². The van der Waals surface area contributed by atoms with Crippen molar-refractivity contribution in [2.75, 3.05) is 32.9 Å². The minimum atomic E-state index is -3.55. The second-order valence-corrected chi connectivity index (χ2v) is 7.28.